The quantitative estimate of drug-likeness (QED) is 0.513. The summed E-state index contributed by atoms with van der Waals surface area (Å²) in [6, 6.07) is 8.06. The highest BCUT2D eigenvalue weighted by molar-refractivity contribution is 9.10. The van der Waals surface area contributed by atoms with Crippen molar-refractivity contribution < 1.29 is 13.2 Å². The van der Waals surface area contributed by atoms with Gasteiger partial charge in [-0.3, -0.25) is 0 Å². The molecule has 0 aliphatic rings. The molecule has 0 aromatic heterocycles. The van der Waals surface area contributed by atoms with Crippen LogP contribution in [0, 0.1) is 17.5 Å². The van der Waals surface area contributed by atoms with Crippen LogP contribution in [0.25, 0.3) is 0 Å². The maximum atomic E-state index is 12.6. The highest BCUT2D eigenvalue weighted by Gasteiger charge is 1.96. The van der Waals surface area contributed by atoms with Gasteiger partial charge in [0.05, 0.1) is 0 Å². The van der Waals surface area contributed by atoms with E-state index in [1.807, 2.05) is 12.3 Å². The number of halogens is 5. The molecule has 2 rings (SSSR count). The van der Waals surface area contributed by atoms with Crippen molar-refractivity contribution in [1.29, 1.82) is 0 Å². The van der Waals surface area contributed by atoms with Crippen molar-refractivity contribution in [2.75, 3.05) is 6.26 Å². The Balaban J connectivity index is 0.000000191. The molecule has 19 heavy (non-hydrogen) atoms. The van der Waals surface area contributed by atoms with E-state index in [0.29, 0.717) is 4.47 Å². The van der Waals surface area contributed by atoms with Crippen LogP contribution in [0.2, 0.25) is 0 Å². The normalized spacial score (nSPS) is 9.79. The molecule has 0 aliphatic heterocycles. The molecule has 0 heterocycles. The van der Waals surface area contributed by atoms with Crippen LogP contribution in [0.15, 0.2) is 50.2 Å². The van der Waals surface area contributed by atoms with Gasteiger partial charge in [-0.05, 0) is 36.6 Å². The van der Waals surface area contributed by atoms with Crippen LogP contribution in [0.5, 0.6) is 0 Å². The van der Waals surface area contributed by atoms with Crippen LogP contribution >= 0.6 is 43.6 Å². The van der Waals surface area contributed by atoms with E-state index in [4.69, 9.17) is 0 Å². The molecule has 0 saturated heterocycles. The van der Waals surface area contributed by atoms with Crippen LogP contribution in [-0.2, 0) is 0 Å². The van der Waals surface area contributed by atoms with Gasteiger partial charge in [0.15, 0.2) is 0 Å². The third-order valence-corrected chi connectivity index (χ3v) is 3.52. The molecule has 0 atom stereocenters. The second-order valence-corrected chi connectivity index (χ2v) is 6.11. The zero-order valence-corrected chi connectivity index (χ0v) is 13.8. The summed E-state index contributed by atoms with van der Waals surface area (Å²) in [5.41, 5.74) is 0. The van der Waals surface area contributed by atoms with Crippen molar-refractivity contribution >= 4 is 43.6 Å². The summed E-state index contributed by atoms with van der Waals surface area (Å²) in [5, 5.41) is 0. The fourth-order valence-electron chi connectivity index (χ4n) is 1.17. The van der Waals surface area contributed by atoms with Gasteiger partial charge in [0.1, 0.15) is 17.5 Å². The first-order valence-corrected chi connectivity index (χ1v) is 7.83. The van der Waals surface area contributed by atoms with Gasteiger partial charge >= 0.3 is 0 Å². The lowest BCUT2D eigenvalue weighted by atomic mass is 10.3. The van der Waals surface area contributed by atoms with Crippen molar-refractivity contribution in [2.24, 2.45) is 0 Å². The minimum Gasteiger partial charge on any atom is -0.207 e. The van der Waals surface area contributed by atoms with Crippen molar-refractivity contribution in [3.05, 3.63) is 62.8 Å². The van der Waals surface area contributed by atoms with E-state index < -0.39 is 11.6 Å². The Morgan fingerprint density at radius 2 is 1.16 bits per heavy atom. The Labute approximate surface area is 130 Å². The van der Waals surface area contributed by atoms with E-state index in [1.54, 1.807) is 0 Å². The lowest BCUT2D eigenvalue weighted by Gasteiger charge is -1.96. The minimum absolute atomic E-state index is 0.196. The molecular formula is C13H9Br2F3S. The molecule has 0 spiro atoms. The summed E-state index contributed by atoms with van der Waals surface area (Å²) in [7, 11) is 0. The smallest absolute Gasteiger partial charge is 0.127 e. The third-order valence-electron chi connectivity index (χ3n) is 1.90. The molecule has 6 heteroatoms. The average Bonchev–Trinajstić information content (AvgIpc) is 2.26. The first kappa shape index (κ1) is 16.6. The van der Waals surface area contributed by atoms with Gasteiger partial charge in [-0.2, -0.15) is 0 Å². The first-order chi connectivity index (χ1) is 8.90. The SMILES string of the molecule is CSc1cc(F)cc(Br)c1.Fc1cc(F)cc(Br)c1. The summed E-state index contributed by atoms with van der Waals surface area (Å²) in [6.07, 6.45) is 1.92. The lowest BCUT2D eigenvalue weighted by molar-refractivity contribution is 0.582. The van der Waals surface area contributed by atoms with E-state index in [-0.39, 0.29) is 5.82 Å². The third kappa shape index (κ3) is 6.49. The van der Waals surface area contributed by atoms with E-state index in [2.05, 4.69) is 31.9 Å². The molecule has 0 N–H and O–H groups in total. The second-order valence-electron chi connectivity index (χ2n) is 3.40. The van der Waals surface area contributed by atoms with Crippen molar-refractivity contribution in [1.82, 2.24) is 0 Å². The molecule has 0 nitrogen and oxygen atoms in total. The molecule has 0 radical (unpaired) electrons. The van der Waals surface area contributed by atoms with Gasteiger partial charge in [-0.15, -0.1) is 11.8 Å². The molecule has 2 aromatic carbocycles. The molecule has 0 unspecified atom stereocenters. The Hall–Kier alpha value is -0.460. The number of benzene rings is 2. The van der Waals surface area contributed by atoms with Crippen molar-refractivity contribution in [3.63, 3.8) is 0 Å². The minimum atomic E-state index is -0.568. The molecule has 0 bridgehead atoms. The van der Waals surface area contributed by atoms with E-state index in [0.717, 1.165) is 15.4 Å². The largest absolute Gasteiger partial charge is 0.207 e. The van der Waals surface area contributed by atoms with Gasteiger partial charge < -0.3 is 0 Å². The Morgan fingerprint density at radius 1 is 0.737 bits per heavy atom. The van der Waals surface area contributed by atoms with Crippen LogP contribution in [0.4, 0.5) is 13.2 Å². The molecule has 102 valence electrons. The molecular weight excluding hydrogens is 405 g/mol. The number of rotatable bonds is 1. The zero-order chi connectivity index (χ0) is 14.4. The van der Waals surface area contributed by atoms with Gasteiger partial charge in [-0.1, -0.05) is 31.9 Å². The van der Waals surface area contributed by atoms with E-state index in [1.165, 1.54) is 36.0 Å². The Bertz CT molecular complexity index is 491. The maximum Gasteiger partial charge on any atom is 0.127 e. The highest BCUT2D eigenvalue weighted by atomic mass is 79.9. The maximum absolute atomic E-state index is 12.6. The summed E-state index contributed by atoms with van der Waals surface area (Å²) >= 11 is 7.66. The predicted molar refractivity (Wildman–Crippen MR) is 79.9 cm³/mol. The topological polar surface area (TPSA) is 0 Å². The van der Waals surface area contributed by atoms with E-state index >= 15 is 0 Å². The van der Waals surface area contributed by atoms with Crippen molar-refractivity contribution in [3.8, 4) is 0 Å². The van der Waals surface area contributed by atoms with Crippen LogP contribution in [0.3, 0.4) is 0 Å². The first-order valence-electron chi connectivity index (χ1n) is 5.02. The summed E-state index contributed by atoms with van der Waals surface area (Å²) in [4.78, 5) is 0.937. The second kappa shape index (κ2) is 7.97. The molecule has 2 aromatic rings. The highest BCUT2D eigenvalue weighted by Crippen LogP contribution is 2.21. The van der Waals surface area contributed by atoms with Crippen LogP contribution in [-0.4, -0.2) is 6.26 Å². The molecule has 0 amide bonds. The van der Waals surface area contributed by atoms with Crippen molar-refractivity contribution in [2.45, 2.75) is 4.90 Å². The Morgan fingerprint density at radius 3 is 1.53 bits per heavy atom. The fraction of sp³-hybridized carbons (Fsp3) is 0.0769. The summed E-state index contributed by atoms with van der Waals surface area (Å²) < 4.78 is 38.1. The number of hydrogen-bond acceptors (Lipinski definition) is 1. The van der Waals surface area contributed by atoms with E-state index in [9.17, 15) is 13.2 Å². The van der Waals surface area contributed by atoms with Gasteiger partial charge in [0.25, 0.3) is 0 Å². The van der Waals surface area contributed by atoms with Gasteiger partial charge in [0, 0.05) is 19.9 Å². The standard InChI is InChI=1S/C7H6BrFS.C6H3BrF2/c1-10-7-3-5(8)2-6(9)4-7;7-4-1-5(8)3-6(9)2-4/h2-4H,1H3;1-3H. The van der Waals surface area contributed by atoms with Crippen LogP contribution in [0.1, 0.15) is 0 Å². The molecule has 0 fully saturated rings. The lowest BCUT2D eigenvalue weighted by Crippen LogP contribution is -1.77. The molecule has 0 aliphatic carbocycles. The number of hydrogen-bond donors (Lipinski definition) is 0. The van der Waals surface area contributed by atoms with Gasteiger partial charge in [-0.25, -0.2) is 13.2 Å². The summed E-state index contributed by atoms with van der Waals surface area (Å²) in [5.74, 6) is -1.33. The van der Waals surface area contributed by atoms with Crippen LogP contribution < -0.4 is 0 Å². The fourth-order valence-corrected chi connectivity index (χ4v) is 2.70. The summed E-state index contributed by atoms with van der Waals surface area (Å²) in [6.45, 7) is 0. The monoisotopic (exact) mass is 412 g/mol. The average molecular weight is 414 g/mol. The molecule has 0 saturated carbocycles. The Kier molecular flexibility index (Phi) is 6.96. The zero-order valence-electron chi connectivity index (χ0n) is 9.76. The predicted octanol–water partition coefficient (Wildman–Crippen LogP) is 6.04. The number of thioether (sulfide) groups is 1. The van der Waals surface area contributed by atoms with Gasteiger partial charge in [0.2, 0.25) is 0 Å².